The van der Waals surface area contributed by atoms with Gasteiger partial charge in [0.05, 0.1) is 16.5 Å². The van der Waals surface area contributed by atoms with Crippen molar-refractivity contribution in [3.63, 3.8) is 0 Å². The number of aliphatic hydroxyl groups excluding tert-OH is 2. The highest BCUT2D eigenvalue weighted by molar-refractivity contribution is 9.10. The standard InChI is InChI=1S/C19H18BrN5O6/c20-14-10(16(22)28)11-15(21)23-7-24-17(11)25(14)18-13(27)12(26)9(31-18)6-30-19(29)8-4-2-1-3-5-8/h1-5,7,9,12-13,18,26-27H,6H2,(H2,22,28)(H2,21,23,24)/t9-,12+,13-,18-/m0/s1. The molecule has 12 heteroatoms. The summed E-state index contributed by atoms with van der Waals surface area (Å²) in [5.41, 5.74) is 11.9. The minimum Gasteiger partial charge on any atom is -0.459 e. The highest BCUT2D eigenvalue weighted by Gasteiger charge is 2.46. The molecule has 3 aromatic rings. The molecule has 162 valence electrons. The van der Waals surface area contributed by atoms with Gasteiger partial charge in [0.2, 0.25) is 0 Å². The number of ether oxygens (including phenoxy) is 2. The summed E-state index contributed by atoms with van der Waals surface area (Å²) in [5, 5.41) is 21.3. The SMILES string of the molecule is NC(=O)c1c(Br)n([C@H]2O[C@@H](COC(=O)c3ccccc3)[C@@H](O)[C@@H]2O)c2ncnc(N)c12. The molecule has 2 aromatic heterocycles. The Bertz CT molecular complexity index is 1150. The fraction of sp³-hybridized carbons (Fsp3) is 0.263. The van der Waals surface area contributed by atoms with E-state index in [1.807, 2.05) is 0 Å². The summed E-state index contributed by atoms with van der Waals surface area (Å²) in [5.74, 6) is -1.38. The van der Waals surface area contributed by atoms with Crippen molar-refractivity contribution in [1.29, 1.82) is 0 Å². The second-order valence-electron chi connectivity index (χ2n) is 6.87. The highest BCUT2D eigenvalue weighted by atomic mass is 79.9. The van der Waals surface area contributed by atoms with E-state index in [1.165, 1.54) is 10.9 Å². The molecule has 1 amide bonds. The number of nitrogens with zero attached hydrogens (tertiary/aromatic N) is 3. The number of hydrogen-bond donors (Lipinski definition) is 4. The summed E-state index contributed by atoms with van der Waals surface area (Å²) < 4.78 is 12.5. The van der Waals surface area contributed by atoms with Crippen molar-refractivity contribution in [2.45, 2.75) is 24.5 Å². The largest absolute Gasteiger partial charge is 0.459 e. The van der Waals surface area contributed by atoms with E-state index in [4.69, 9.17) is 20.9 Å². The number of carbonyl (C=O) groups excluding carboxylic acids is 2. The van der Waals surface area contributed by atoms with E-state index in [0.717, 1.165) is 0 Å². The molecule has 6 N–H and O–H groups in total. The number of rotatable bonds is 5. The maximum Gasteiger partial charge on any atom is 0.338 e. The van der Waals surface area contributed by atoms with E-state index in [0.29, 0.717) is 5.56 Å². The first kappa shape index (κ1) is 21.2. The summed E-state index contributed by atoms with van der Waals surface area (Å²) in [7, 11) is 0. The number of nitrogen functional groups attached to an aromatic ring is 1. The maximum absolute atomic E-state index is 12.2. The number of aromatic nitrogens is 3. The smallest absolute Gasteiger partial charge is 0.338 e. The number of benzene rings is 1. The van der Waals surface area contributed by atoms with Gasteiger partial charge in [-0.3, -0.25) is 9.36 Å². The van der Waals surface area contributed by atoms with Crippen LogP contribution < -0.4 is 11.5 Å². The van der Waals surface area contributed by atoms with Gasteiger partial charge in [-0.15, -0.1) is 0 Å². The van der Waals surface area contributed by atoms with Crippen LogP contribution in [0.25, 0.3) is 11.0 Å². The summed E-state index contributed by atoms with van der Waals surface area (Å²) in [6, 6.07) is 8.32. The average Bonchev–Trinajstić information content (AvgIpc) is 3.21. The molecule has 4 rings (SSSR count). The Balaban J connectivity index is 1.62. The first-order valence-electron chi connectivity index (χ1n) is 9.14. The molecule has 0 bridgehead atoms. The zero-order valence-electron chi connectivity index (χ0n) is 15.9. The summed E-state index contributed by atoms with van der Waals surface area (Å²) in [4.78, 5) is 32.2. The predicted molar refractivity (Wildman–Crippen MR) is 111 cm³/mol. The number of carbonyl (C=O) groups is 2. The number of hydrogen-bond acceptors (Lipinski definition) is 9. The molecule has 4 atom stereocenters. The topological polar surface area (TPSA) is 176 Å². The van der Waals surface area contributed by atoms with Crippen LogP contribution in [0, 0.1) is 0 Å². The van der Waals surface area contributed by atoms with Crippen LogP contribution >= 0.6 is 15.9 Å². The summed E-state index contributed by atoms with van der Waals surface area (Å²) >= 11 is 3.28. The Morgan fingerprint density at radius 1 is 1.19 bits per heavy atom. The lowest BCUT2D eigenvalue weighted by Gasteiger charge is -2.18. The third kappa shape index (κ3) is 3.63. The number of aliphatic hydroxyl groups is 2. The number of halogens is 1. The maximum atomic E-state index is 12.2. The van der Waals surface area contributed by atoms with E-state index >= 15 is 0 Å². The lowest BCUT2D eigenvalue weighted by molar-refractivity contribution is -0.0571. The number of nitrogens with two attached hydrogens (primary N) is 2. The molecule has 1 saturated heterocycles. The molecule has 1 aromatic carbocycles. The average molecular weight is 492 g/mol. The van der Waals surface area contributed by atoms with Crippen molar-refractivity contribution in [2.75, 3.05) is 12.3 Å². The van der Waals surface area contributed by atoms with Crippen LogP contribution in [0.2, 0.25) is 0 Å². The van der Waals surface area contributed by atoms with Gasteiger partial charge >= 0.3 is 5.97 Å². The zero-order valence-corrected chi connectivity index (χ0v) is 17.5. The van der Waals surface area contributed by atoms with Crippen LogP contribution in [0.5, 0.6) is 0 Å². The predicted octanol–water partition coefficient (Wildman–Crippen LogP) is 0.351. The van der Waals surface area contributed by atoms with Crippen LogP contribution in [-0.4, -0.2) is 61.5 Å². The molecular weight excluding hydrogens is 474 g/mol. The molecule has 3 heterocycles. The molecule has 0 radical (unpaired) electrons. The van der Waals surface area contributed by atoms with Gasteiger partial charge in [0.15, 0.2) is 6.23 Å². The van der Waals surface area contributed by atoms with E-state index in [2.05, 4.69) is 25.9 Å². The third-order valence-electron chi connectivity index (χ3n) is 4.98. The van der Waals surface area contributed by atoms with Crippen molar-refractivity contribution >= 4 is 44.7 Å². The number of fused-ring (bicyclic) bond motifs is 1. The van der Waals surface area contributed by atoms with Crippen molar-refractivity contribution in [1.82, 2.24) is 14.5 Å². The van der Waals surface area contributed by atoms with E-state index in [-0.39, 0.29) is 33.6 Å². The second-order valence-corrected chi connectivity index (χ2v) is 7.62. The first-order chi connectivity index (χ1) is 14.8. The number of anilines is 1. The second kappa shape index (κ2) is 8.23. The summed E-state index contributed by atoms with van der Waals surface area (Å²) in [6.45, 7) is -0.306. The summed E-state index contributed by atoms with van der Waals surface area (Å²) in [6.07, 6.45) is -3.83. The molecule has 0 aliphatic carbocycles. The molecule has 0 spiro atoms. The normalized spacial score (nSPS) is 23.2. The molecule has 31 heavy (non-hydrogen) atoms. The number of amides is 1. The van der Waals surface area contributed by atoms with Gasteiger partial charge in [0, 0.05) is 0 Å². The number of primary amides is 1. The van der Waals surface area contributed by atoms with Crippen molar-refractivity contribution in [3.05, 3.63) is 52.4 Å². The van der Waals surface area contributed by atoms with Gasteiger partial charge in [0.25, 0.3) is 5.91 Å². The Morgan fingerprint density at radius 3 is 2.58 bits per heavy atom. The van der Waals surface area contributed by atoms with Gasteiger partial charge in [-0.1, -0.05) is 18.2 Å². The van der Waals surface area contributed by atoms with Gasteiger partial charge < -0.3 is 31.2 Å². The Labute approximate surface area is 183 Å². The lowest BCUT2D eigenvalue weighted by atomic mass is 10.1. The Hall–Kier alpha value is -3.06. The van der Waals surface area contributed by atoms with Crippen LogP contribution in [0.15, 0.2) is 41.3 Å². The van der Waals surface area contributed by atoms with Crippen molar-refractivity contribution in [3.8, 4) is 0 Å². The minimum absolute atomic E-state index is 0.0114. The Morgan fingerprint density at radius 2 is 1.90 bits per heavy atom. The van der Waals surface area contributed by atoms with Gasteiger partial charge in [-0.2, -0.15) is 0 Å². The van der Waals surface area contributed by atoms with E-state index in [1.54, 1.807) is 30.3 Å². The van der Waals surface area contributed by atoms with Crippen LogP contribution in [0.4, 0.5) is 5.82 Å². The zero-order chi connectivity index (χ0) is 22.3. The van der Waals surface area contributed by atoms with Crippen molar-refractivity contribution in [2.24, 2.45) is 5.73 Å². The molecule has 0 saturated carbocycles. The molecule has 11 nitrogen and oxygen atoms in total. The van der Waals surface area contributed by atoms with Crippen LogP contribution in [0.3, 0.4) is 0 Å². The van der Waals surface area contributed by atoms with Gasteiger partial charge in [-0.25, -0.2) is 14.8 Å². The first-order valence-corrected chi connectivity index (χ1v) is 9.94. The van der Waals surface area contributed by atoms with Crippen LogP contribution in [0.1, 0.15) is 26.9 Å². The molecule has 1 aliphatic rings. The molecule has 0 unspecified atom stereocenters. The van der Waals surface area contributed by atoms with Gasteiger partial charge in [-0.05, 0) is 28.1 Å². The minimum atomic E-state index is -1.43. The number of esters is 1. The highest BCUT2D eigenvalue weighted by Crippen LogP contribution is 2.39. The molecular formula is C19H18BrN5O6. The van der Waals surface area contributed by atoms with E-state index < -0.39 is 36.4 Å². The molecule has 1 fully saturated rings. The van der Waals surface area contributed by atoms with Crippen molar-refractivity contribution < 1.29 is 29.3 Å². The van der Waals surface area contributed by atoms with Crippen LogP contribution in [-0.2, 0) is 9.47 Å². The third-order valence-corrected chi connectivity index (χ3v) is 5.76. The van der Waals surface area contributed by atoms with Gasteiger partial charge in [0.1, 0.15) is 47.3 Å². The molecule has 1 aliphatic heterocycles. The quantitative estimate of drug-likeness (QED) is 0.366. The lowest BCUT2D eigenvalue weighted by Crippen LogP contribution is -2.34. The Kier molecular flexibility index (Phi) is 5.62. The monoisotopic (exact) mass is 491 g/mol. The fourth-order valence-electron chi connectivity index (χ4n) is 3.48. The fourth-order valence-corrected chi connectivity index (χ4v) is 4.24. The van der Waals surface area contributed by atoms with E-state index in [9.17, 15) is 19.8 Å².